The smallest absolute Gasteiger partial charge is 0.326 e. The van der Waals surface area contributed by atoms with E-state index in [0.29, 0.717) is 21.3 Å². The van der Waals surface area contributed by atoms with Crippen molar-refractivity contribution in [3.63, 3.8) is 0 Å². The number of halogens is 5. The molecule has 0 atom stereocenters. The van der Waals surface area contributed by atoms with E-state index >= 15 is 0 Å². The molecule has 0 radical (unpaired) electrons. The molecule has 0 aliphatic carbocycles. The average molecular weight is 555 g/mol. The van der Waals surface area contributed by atoms with Gasteiger partial charge in [-0.05, 0) is 30.3 Å². The Bertz CT molecular complexity index is 1760. The van der Waals surface area contributed by atoms with Crippen molar-refractivity contribution in [1.82, 2.24) is 29.1 Å². The van der Waals surface area contributed by atoms with Gasteiger partial charge in [0.2, 0.25) is 0 Å². The van der Waals surface area contributed by atoms with Crippen LogP contribution < -0.4 is 0 Å². The molecule has 186 valence electrons. The van der Waals surface area contributed by atoms with Crippen LogP contribution >= 0.6 is 23.2 Å². The Morgan fingerprint density at radius 1 is 1.06 bits per heavy atom. The minimum absolute atomic E-state index is 0.00759. The largest absolute Gasteiger partial charge is 0.433 e. The molecule has 0 aliphatic rings. The highest BCUT2D eigenvalue weighted by molar-refractivity contribution is 7.91. The normalized spacial score (nSPS) is 12.6. The quantitative estimate of drug-likeness (QED) is 0.292. The topological polar surface area (TPSA) is 95.0 Å². The first kappa shape index (κ1) is 24.5. The van der Waals surface area contributed by atoms with Crippen molar-refractivity contribution in [3.8, 4) is 22.6 Å². The molecule has 0 fully saturated rings. The summed E-state index contributed by atoms with van der Waals surface area (Å²) in [7, 11) is -2.33. The van der Waals surface area contributed by atoms with Gasteiger partial charge in [-0.2, -0.15) is 18.3 Å². The van der Waals surface area contributed by atoms with Crippen LogP contribution in [0, 0.1) is 0 Å². The number of alkyl halides is 3. The van der Waals surface area contributed by atoms with E-state index < -0.39 is 21.7 Å². The monoisotopic (exact) mass is 554 g/mol. The first-order chi connectivity index (χ1) is 16.9. The SMILES string of the molecule is CCS(=O)(=O)c1nn2ccc(-c3cc(Cl)cc(Cl)c3)nc2c1-c1nc2cc(C(F)(F)F)ncc2n1C. The van der Waals surface area contributed by atoms with E-state index in [2.05, 4.69) is 20.1 Å². The zero-order valence-electron chi connectivity index (χ0n) is 18.5. The second-order valence-corrected chi connectivity index (χ2v) is 10.9. The summed E-state index contributed by atoms with van der Waals surface area (Å²) in [6.45, 7) is 1.46. The lowest BCUT2D eigenvalue weighted by molar-refractivity contribution is -0.141. The summed E-state index contributed by atoms with van der Waals surface area (Å²) in [6, 6.07) is 7.27. The molecule has 0 saturated heterocycles. The zero-order valence-corrected chi connectivity index (χ0v) is 20.9. The van der Waals surface area contributed by atoms with Gasteiger partial charge in [0.1, 0.15) is 17.1 Å². The number of hydrogen-bond acceptors (Lipinski definition) is 6. The molecule has 4 aromatic heterocycles. The molecule has 0 spiro atoms. The van der Waals surface area contributed by atoms with Gasteiger partial charge in [0.05, 0.1) is 28.7 Å². The molecular weight excluding hydrogens is 540 g/mol. The first-order valence-electron chi connectivity index (χ1n) is 10.4. The minimum Gasteiger partial charge on any atom is -0.326 e. The molecule has 5 rings (SSSR count). The van der Waals surface area contributed by atoms with Gasteiger partial charge < -0.3 is 4.57 Å². The second-order valence-electron chi connectivity index (χ2n) is 7.87. The Balaban J connectivity index is 1.83. The molecule has 0 unspecified atom stereocenters. The number of aryl methyl sites for hydroxylation is 1. The molecule has 0 bridgehead atoms. The predicted molar refractivity (Wildman–Crippen MR) is 129 cm³/mol. The summed E-state index contributed by atoms with van der Waals surface area (Å²) >= 11 is 12.3. The van der Waals surface area contributed by atoms with Gasteiger partial charge in [-0.3, -0.25) is 0 Å². The van der Waals surface area contributed by atoms with E-state index in [1.165, 1.54) is 22.2 Å². The van der Waals surface area contributed by atoms with Crippen molar-refractivity contribution < 1.29 is 21.6 Å². The van der Waals surface area contributed by atoms with Gasteiger partial charge in [-0.15, -0.1) is 0 Å². The summed E-state index contributed by atoms with van der Waals surface area (Å²) in [4.78, 5) is 12.4. The zero-order chi connectivity index (χ0) is 26.0. The van der Waals surface area contributed by atoms with Crippen LogP contribution in [0.3, 0.4) is 0 Å². The third-order valence-electron chi connectivity index (χ3n) is 5.57. The average Bonchev–Trinajstić information content (AvgIpc) is 3.35. The van der Waals surface area contributed by atoms with Crippen LogP contribution in [-0.4, -0.2) is 43.3 Å². The number of hydrogen-bond donors (Lipinski definition) is 0. The molecule has 0 amide bonds. The molecule has 0 N–H and O–H groups in total. The number of rotatable bonds is 4. The molecular formula is C22H15Cl2F3N6O2S. The number of aromatic nitrogens is 6. The lowest BCUT2D eigenvalue weighted by Crippen LogP contribution is -2.07. The van der Waals surface area contributed by atoms with E-state index in [0.717, 1.165) is 12.3 Å². The van der Waals surface area contributed by atoms with Crippen LogP contribution in [0.4, 0.5) is 13.2 Å². The lowest BCUT2D eigenvalue weighted by Gasteiger charge is -2.06. The summed E-state index contributed by atoms with van der Waals surface area (Å²) in [5.74, 6) is -0.188. The maximum Gasteiger partial charge on any atom is 0.433 e. The second kappa shape index (κ2) is 8.43. The van der Waals surface area contributed by atoms with E-state index in [-0.39, 0.29) is 38.8 Å². The molecule has 14 heteroatoms. The highest BCUT2D eigenvalue weighted by Gasteiger charge is 2.34. The Kier molecular flexibility index (Phi) is 5.73. The van der Waals surface area contributed by atoms with Gasteiger partial charge >= 0.3 is 6.18 Å². The fourth-order valence-electron chi connectivity index (χ4n) is 3.79. The molecule has 36 heavy (non-hydrogen) atoms. The Morgan fingerprint density at radius 2 is 1.75 bits per heavy atom. The molecule has 8 nitrogen and oxygen atoms in total. The molecule has 1 aromatic carbocycles. The van der Waals surface area contributed by atoms with Crippen LogP contribution in [0.15, 0.2) is 47.8 Å². The minimum atomic E-state index is -4.66. The van der Waals surface area contributed by atoms with Crippen LogP contribution in [0.1, 0.15) is 12.6 Å². The van der Waals surface area contributed by atoms with E-state index in [1.807, 2.05) is 0 Å². The third kappa shape index (κ3) is 4.08. The van der Waals surface area contributed by atoms with Crippen molar-refractivity contribution in [3.05, 3.63) is 58.5 Å². The number of fused-ring (bicyclic) bond motifs is 2. The Morgan fingerprint density at radius 3 is 2.39 bits per heavy atom. The van der Waals surface area contributed by atoms with Gasteiger partial charge in [0.15, 0.2) is 20.5 Å². The Labute approximate surface area is 212 Å². The van der Waals surface area contributed by atoms with Gasteiger partial charge in [0, 0.05) is 28.9 Å². The van der Waals surface area contributed by atoms with Crippen molar-refractivity contribution in [2.24, 2.45) is 7.05 Å². The van der Waals surface area contributed by atoms with Crippen molar-refractivity contribution in [1.29, 1.82) is 0 Å². The molecule has 5 aromatic rings. The van der Waals surface area contributed by atoms with E-state index in [9.17, 15) is 21.6 Å². The number of pyridine rings is 1. The maximum atomic E-state index is 13.2. The molecule has 0 saturated carbocycles. The summed E-state index contributed by atoms with van der Waals surface area (Å²) < 4.78 is 68.4. The van der Waals surface area contributed by atoms with Crippen LogP contribution in [-0.2, 0) is 23.1 Å². The van der Waals surface area contributed by atoms with Crippen molar-refractivity contribution in [2.45, 2.75) is 18.1 Å². The van der Waals surface area contributed by atoms with Gasteiger partial charge in [0.25, 0.3) is 0 Å². The number of benzene rings is 1. The number of imidazole rings is 1. The summed E-state index contributed by atoms with van der Waals surface area (Å²) in [5.41, 5.74) is 0.345. The number of nitrogens with zero attached hydrogens (tertiary/aromatic N) is 6. The van der Waals surface area contributed by atoms with E-state index in [1.54, 1.807) is 31.3 Å². The van der Waals surface area contributed by atoms with Gasteiger partial charge in [-0.25, -0.2) is 27.9 Å². The lowest BCUT2D eigenvalue weighted by atomic mass is 10.1. The Hall–Kier alpha value is -3.22. The fourth-order valence-corrected chi connectivity index (χ4v) is 5.29. The highest BCUT2D eigenvalue weighted by atomic mass is 35.5. The predicted octanol–water partition coefficient (Wildman–Crippen LogP) is 5.46. The summed E-state index contributed by atoms with van der Waals surface area (Å²) in [5, 5.41) is 4.70. The fraction of sp³-hybridized carbons (Fsp3) is 0.182. The van der Waals surface area contributed by atoms with Crippen LogP contribution in [0.5, 0.6) is 0 Å². The van der Waals surface area contributed by atoms with Crippen molar-refractivity contribution in [2.75, 3.05) is 5.75 Å². The van der Waals surface area contributed by atoms with Crippen LogP contribution in [0.25, 0.3) is 39.3 Å². The van der Waals surface area contributed by atoms with Crippen LogP contribution in [0.2, 0.25) is 10.0 Å². The number of sulfone groups is 1. The first-order valence-corrected chi connectivity index (χ1v) is 12.8. The standard InChI is InChI=1S/C22H15Cl2F3N6O2S/c1-3-36(34,35)21-18(19-30-15-9-17(22(25,26)27)28-10-16(15)32(19)2)20-29-14(4-5-33(20)31-21)11-6-12(23)8-13(24)7-11/h4-10H,3H2,1-2H3. The molecule has 0 aliphatic heterocycles. The third-order valence-corrected chi connectivity index (χ3v) is 7.64. The van der Waals surface area contributed by atoms with E-state index in [4.69, 9.17) is 23.2 Å². The highest BCUT2D eigenvalue weighted by Crippen LogP contribution is 2.35. The van der Waals surface area contributed by atoms with Crippen molar-refractivity contribution >= 4 is 49.7 Å². The molecule has 4 heterocycles. The van der Waals surface area contributed by atoms with Gasteiger partial charge in [-0.1, -0.05) is 30.1 Å². The maximum absolute atomic E-state index is 13.2. The summed E-state index contributed by atoms with van der Waals surface area (Å²) in [6.07, 6.45) is -2.10.